The fourth-order valence-electron chi connectivity index (χ4n) is 1.80. The van der Waals surface area contributed by atoms with E-state index in [1.54, 1.807) is 24.5 Å². The number of phenolic OH excluding ortho intramolecular Hbond substituents is 1. The number of fused-ring (bicyclic) bond motifs is 1. The molecule has 3 aromatic rings. The van der Waals surface area contributed by atoms with Gasteiger partial charge in [0.15, 0.2) is 0 Å². The van der Waals surface area contributed by atoms with E-state index in [1.807, 2.05) is 30.3 Å². The van der Waals surface area contributed by atoms with Crippen LogP contribution < -0.4 is 4.74 Å². The van der Waals surface area contributed by atoms with Crippen LogP contribution >= 0.6 is 33.9 Å². The molecule has 5 heteroatoms. The number of aromatic hydroxyl groups is 1. The molecule has 2 aromatic carbocycles. The third kappa shape index (κ3) is 2.40. The second-order valence-corrected chi connectivity index (χ2v) is 6.21. The van der Waals surface area contributed by atoms with Gasteiger partial charge in [-0.25, -0.2) is 4.98 Å². The van der Waals surface area contributed by atoms with Crippen LogP contribution in [0.2, 0.25) is 0 Å². The summed E-state index contributed by atoms with van der Waals surface area (Å²) in [7, 11) is 1.66. The zero-order valence-corrected chi connectivity index (χ0v) is 13.0. The first-order chi connectivity index (χ1) is 9.17. The fraction of sp³-hybridized carbons (Fsp3) is 0.0714. The molecule has 3 nitrogen and oxygen atoms in total. The highest BCUT2D eigenvalue weighted by atomic mass is 127. The van der Waals surface area contributed by atoms with Gasteiger partial charge in [0, 0.05) is 5.56 Å². The Bertz CT molecular complexity index is 754. The topological polar surface area (TPSA) is 42.4 Å². The van der Waals surface area contributed by atoms with Gasteiger partial charge in [0.25, 0.3) is 0 Å². The van der Waals surface area contributed by atoms with Gasteiger partial charge in [0.05, 0.1) is 20.9 Å². The van der Waals surface area contributed by atoms with Gasteiger partial charge >= 0.3 is 0 Å². The standard InChI is InChI=1S/C14H10INO2S/c1-18-9-3-4-11-13(7-9)19-14(16-11)8-2-5-12(17)10(15)6-8/h2-7,17H,1H3. The lowest BCUT2D eigenvalue weighted by atomic mass is 10.2. The van der Waals surface area contributed by atoms with Crippen molar-refractivity contribution >= 4 is 44.1 Å². The van der Waals surface area contributed by atoms with Crippen molar-refractivity contribution in [3.8, 4) is 22.1 Å². The van der Waals surface area contributed by atoms with Crippen LogP contribution in [0.5, 0.6) is 11.5 Å². The normalized spacial score (nSPS) is 10.8. The maximum Gasteiger partial charge on any atom is 0.128 e. The lowest BCUT2D eigenvalue weighted by molar-refractivity contribution is 0.415. The van der Waals surface area contributed by atoms with Gasteiger partial charge < -0.3 is 9.84 Å². The first-order valence-electron chi connectivity index (χ1n) is 5.61. The number of halogens is 1. The Kier molecular flexibility index (Phi) is 3.32. The summed E-state index contributed by atoms with van der Waals surface area (Å²) in [5.74, 6) is 1.13. The van der Waals surface area contributed by atoms with Crippen molar-refractivity contribution in [3.63, 3.8) is 0 Å². The molecule has 96 valence electrons. The first-order valence-corrected chi connectivity index (χ1v) is 7.50. The largest absolute Gasteiger partial charge is 0.507 e. The highest BCUT2D eigenvalue weighted by Crippen LogP contribution is 2.34. The summed E-state index contributed by atoms with van der Waals surface area (Å²) in [5.41, 5.74) is 1.98. The lowest BCUT2D eigenvalue weighted by Gasteiger charge is -1.99. The predicted octanol–water partition coefficient (Wildman–Crippen LogP) is 4.28. The van der Waals surface area contributed by atoms with Crippen molar-refractivity contribution in [2.75, 3.05) is 7.11 Å². The molecule has 0 atom stereocenters. The first kappa shape index (κ1) is 12.7. The van der Waals surface area contributed by atoms with E-state index in [1.165, 1.54) is 0 Å². The molecule has 1 aromatic heterocycles. The van der Waals surface area contributed by atoms with Crippen molar-refractivity contribution in [2.45, 2.75) is 0 Å². The molecular weight excluding hydrogens is 373 g/mol. The average molecular weight is 383 g/mol. The fourth-order valence-corrected chi connectivity index (χ4v) is 3.30. The molecule has 0 aliphatic heterocycles. The third-order valence-corrected chi connectivity index (χ3v) is 4.72. The van der Waals surface area contributed by atoms with E-state index in [0.717, 1.165) is 30.1 Å². The van der Waals surface area contributed by atoms with Crippen molar-refractivity contribution in [3.05, 3.63) is 40.0 Å². The summed E-state index contributed by atoms with van der Waals surface area (Å²) < 4.78 is 7.14. The highest BCUT2D eigenvalue weighted by Gasteiger charge is 2.08. The molecule has 0 bridgehead atoms. The second-order valence-electron chi connectivity index (χ2n) is 4.02. The maximum atomic E-state index is 9.56. The van der Waals surface area contributed by atoms with Gasteiger partial charge in [-0.2, -0.15) is 0 Å². The van der Waals surface area contributed by atoms with Crippen LogP contribution in [0.15, 0.2) is 36.4 Å². The van der Waals surface area contributed by atoms with Gasteiger partial charge in [-0.3, -0.25) is 0 Å². The number of methoxy groups -OCH3 is 1. The molecular formula is C14H10INO2S. The van der Waals surface area contributed by atoms with E-state index < -0.39 is 0 Å². The average Bonchev–Trinajstić information content (AvgIpc) is 2.84. The summed E-state index contributed by atoms with van der Waals surface area (Å²) in [6.07, 6.45) is 0. The van der Waals surface area contributed by atoms with Gasteiger partial charge in [-0.15, -0.1) is 11.3 Å². The van der Waals surface area contributed by atoms with Crippen LogP contribution in [0.1, 0.15) is 0 Å². The van der Waals surface area contributed by atoms with Gasteiger partial charge in [-0.1, -0.05) is 0 Å². The number of rotatable bonds is 2. The Labute approximate surface area is 128 Å². The Morgan fingerprint density at radius 2 is 2.05 bits per heavy atom. The van der Waals surface area contributed by atoms with E-state index in [0.29, 0.717) is 5.75 Å². The minimum absolute atomic E-state index is 0.298. The molecule has 0 saturated heterocycles. The van der Waals surface area contributed by atoms with Crippen LogP contribution in [-0.2, 0) is 0 Å². The van der Waals surface area contributed by atoms with Crippen LogP contribution in [0.4, 0.5) is 0 Å². The van der Waals surface area contributed by atoms with Crippen molar-refractivity contribution < 1.29 is 9.84 Å². The lowest BCUT2D eigenvalue weighted by Crippen LogP contribution is -1.80. The minimum Gasteiger partial charge on any atom is -0.507 e. The quantitative estimate of drug-likeness (QED) is 0.672. The van der Waals surface area contributed by atoms with Crippen molar-refractivity contribution in [2.24, 2.45) is 0 Å². The number of phenols is 1. The van der Waals surface area contributed by atoms with E-state index in [2.05, 4.69) is 27.6 Å². The Hall–Kier alpha value is -1.34. The molecule has 0 aliphatic rings. The van der Waals surface area contributed by atoms with Crippen molar-refractivity contribution in [1.29, 1.82) is 0 Å². The molecule has 0 aliphatic carbocycles. The van der Waals surface area contributed by atoms with Crippen LogP contribution in [0.3, 0.4) is 0 Å². The molecule has 0 unspecified atom stereocenters. The highest BCUT2D eigenvalue weighted by molar-refractivity contribution is 14.1. The number of hydrogen-bond donors (Lipinski definition) is 1. The number of ether oxygens (including phenoxy) is 1. The summed E-state index contributed by atoms with van der Waals surface area (Å²) >= 11 is 3.73. The molecule has 3 rings (SSSR count). The smallest absolute Gasteiger partial charge is 0.128 e. The monoisotopic (exact) mass is 383 g/mol. The van der Waals surface area contributed by atoms with Crippen molar-refractivity contribution in [1.82, 2.24) is 4.98 Å². The predicted molar refractivity (Wildman–Crippen MR) is 86.0 cm³/mol. The number of nitrogens with zero attached hydrogens (tertiary/aromatic N) is 1. The maximum absolute atomic E-state index is 9.56. The molecule has 19 heavy (non-hydrogen) atoms. The van der Waals surface area contributed by atoms with Gasteiger partial charge in [-0.05, 0) is 59.0 Å². The summed E-state index contributed by atoms with van der Waals surface area (Å²) in [6.45, 7) is 0. The molecule has 0 fully saturated rings. The number of benzene rings is 2. The molecule has 0 radical (unpaired) electrons. The van der Waals surface area contributed by atoms with Crippen LogP contribution in [-0.4, -0.2) is 17.2 Å². The zero-order valence-electron chi connectivity index (χ0n) is 10.1. The SMILES string of the molecule is COc1ccc2nc(-c3ccc(O)c(I)c3)sc2c1. The van der Waals surface area contributed by atoms with Gasteiger partial charge in [0.1, 0.15) is 16.5 Å². The Morgan fingerprint density at radius 1 is 1.21 bits per heavy atom. The summed E-state index contributed by atoms with van der Waals surface area (Å²) in [6, 6.07) is 11.4. The number of hydrogen-bond acceptors (Lipinski definition) is 4. The van der Waals surface area contributed by atoms with E-state index in [9.17, 15) is 5.11 Å². The molecule has 1 N–H and O–H groups in total. The molecule has 0 amide bonds. The summed E-state index contributed by atoms with van der Waals surface area (Å²) in [4.78, 5) is 4.61. The summed E-state index contributed by atoms with van der Waals surface area (Å²) in [5, 5.41) is 10.5. The van der Waals surface area contributed by atoms with Gasteiger partial charge in [0.2, 0.25) is 0 Å². The van der Waals surface area contributed by atoms with E-state index >= 15 is 0 Å². The van der Waals surface area contributed by atoms with E-state index in [-0.39, 0.29) is 0 Å². The third-order valence-electron chi connectivity index (χ3n) is 2.79. The molecule has 0 saturated carbocycles. The Morgan fingerprint density at radius 3 is 2.79 bits per heavy atom. The second kappa shape index (κ2) is 4.97. The number of thiazole rings is 1. The molecule has 1 heterocycles. The minimum atomic E-state index is 0.298. The zero-order chi connectivity index (χ0) is 13.4. The van der Waals surface area contributed by atoms with Crippen LogP contribution in [0.25, 0.3) is 20.8 Å². The van der Waals surface area contributed by atoms with Crippen LogP contribution in [0, 0.1) is 3.57 Å². The Balaban J connectivity index is 2.11. The van der Waals surface area contributed by atoms with E-state index in [4.69, 9.17) is 4.74 Å². The molecule has 0 spiro atoms. The number of aromatic nitrogens is 1.